The van der Waals surface area contributed by atoms with E-state index in [1.165, 1.54) is 24.4 Å². The molecule has 3 aromatic rings. The predicted octanol–water partition coefficient (Wildman–Crippen LogP) is 4.49. The number of ether oxygens (including phenoxy) is 1. The number of halogens is 2. The molecular formula is C23H21Cl2N3O4S. The number of benzene rings is 3. The standard InChI is InChI=1S/C23H21Cl2N3O4S/c1-33(30,31)28(21-12-19(24)11-20(25)13-21)15-23(29)27-26-14-18-9-5-6-10-22(18)32-16-17-7-3-2-4-8-17/h2-14H,15-16H2,1H3,(H,27,29)/b26-14-. The van der Waals surface area contributed by atoms with E-state index in [1.54, 1.807) is 12.1 Å². The molecule has 0 fully saturated rings. The Morgan fingerprint density at radius 3 is 2.33 bits per heavy atom. The molecular weight excluding hydrogens is 485 g/mol. The monoisotopic (exact) mass is 505 g/mol. The van der Waals surface area contributed by atoms with Crippen LogP contribution in [0.25, 0.3) is 0 Å². The molecule has 0 saturated carbocycles. The minimum Gasteiger partial charge on any atom is -0.488 e. The first kappa shape index (κ1) is 24.6. The number of nitrogens with one attached hydrogen (secondary N) is 1. The van der Waals surface area contributed by atoms with Crippen molar-refractivity contribution in [1.29, 1.82) is 0 Å². The van der Waals surface area contributed by atoms with Crippen LogP contribution in [0.2, 0.25) is 10.0 Å². The third kappa shape index (κ3) is 7.49. The Morgan fingerprint density at radius 1 is 1.03 bits per heavy atom. The van der Waals surface area contributed by atoms with Crippen LogP contribution in [0.15, 0.2) is 77.9 Å². The van der Waals surface area contributed by atoms with E-state index in [4.69, 9.17) is 27.9 Å². The van der Waals surface area contributed by atoms with Crippen LogP contribution < -0.4 is 14.5 Å². The summed E-state index contributed by atoms with van der Waals surface area (Å²) in [6.07, 6.45) is 2.41. The van der Waals surface area contributed by atoms with Crippen molar-refractivity contribution in [2.45, 2.75) is 6.61 Å². The SMILES string of the molecule is CS(=O)(=O)N(CC(=O)N/N=C\c1ccccc1OCc1ccccc1)c1cc(Cl)cc(Cl)c1. The molecule has 172 valence electrons. The average molecular weight is 506 g/mol. The summed E-state index contributed by atoms with van der Waals surface area (Å²) in [5.74, 6) is -0.0545. The van der Waals surface area contributed by atoms with Crippen LogP contribution in [0.1, 0.15) is 11.1 Å². The fourth-order valence-electron chi connectivity index (χ4n) is 2.88. The minimum absolute atomic E-state index is 0.175. The van der Waals surface area contributed by atoms with Crippen LogP contribution in [-0.4, -0.2) is 33.3 Å². The van der Waals surface area contributed by atoms with E-state index in [1.807, 2.05) is 42.5 Å². The third-order valence-corrected chi connectivity index (χ3v) is 5.95. The molecule has 0 spiro atoms. The van der Waals surface area contributed by atoms with Crippen molar-refractivity contribution in [2.75, 3.05) is 17.1 Å². The van der Waals surface area contributed by atoms with Gasteiger partial charge in [0, 0.05) is 15.6 Å². The zero-order valence-corrected chi connectivity index (χ0v) is 19.9. The van der Waals surface area contributed by atoms with Gasteiger partial charge in [0.15, 0.2) is 0 Å². The number of anilines is 1. The van der Waals surface area contributed by atoms with E-state index < -0.39 is 22.5 Å². The molecule has 0 aliphatic heterocycles. The van der Waals surface area contributed by atoms with Crippen molar-refractivity contribution in [2.24, 2.45) is 5.10 Å². The smallest absolute Gasteiger partial charge is 0.260 e. The maximum atomic E-state index is 12.4. The number of carbonyl (C=O) groups is 1. The summed E-state index contributed by atoms with van der Waals surface area (Å²) >= 11 is 11.9. The van der Waals surface area contributed by atoms with Crippen molar-refractivity contribution in [3.63, 3.8) is 0 Å². The lowest BCUT2D eigenvalue weighted by Crippen LogP contribution is -2.39. The lowest BCUT2D eigenvalue weighted by atomic mass is 10.2. The number of sulfonamides is 1. The second-order valence-electron chi connectivity index (χ2n) is 7.00. The zero-order chi connectivity index (χ0) is 23.8. The molecule has 0 aromatic heterocycles. The Bertz CT molecular complexity index is 1230. The highest BCUT2D eigenvalue weighted by Gasteiger charge is 2.21. The topological polar surface area (TPSA) is 88.1 Å². The fourth-order valence-corrected chi connectivity index (χ4v) is 4.23. The number of hydrazone groups is 1. The van der Waals surface area contributed by atoms with Crippen molar-refractivity contribution in [3.8, 4) is 5.75 Å². The number of carbonyl (C=O) groups excluding carboxylic acids is 1. The van der Waals surface area contributed by atoms with Crippen LogP contribution in [0.5, 0.6) is 5.75 Å². The molecule has 0 atom stereocenters. The Balaban J connectivity index is 1.66. The number of hydrogen-bond acceptors (Lipinski definition) is 5. The van der Waals surface area contributed by atoms with Crippen LogP contribution in [-0.2, 0) is 21.4 Å². The molecule has 0 aliphatic carbocycles. The van der Waals surface area contributed by atoms with Gasteiger partial charge in [0.05, 0.1) is 18.2 Å². The number of hydrogen-bond donors (Lipinski definition) is 1. The second kappa shape index (κ2) is 11.2. The second-order valence-corrected chi connectivity index (χ2v) is 9.78. The third-order valence-electron chi connectivity index (χ3n) is 4.37. The first-order valence-electron chi connectivity index (χ1n) is 9.74. The van der Waals surface area contributed by atoms with Crippen molar-refractivity contribution < 1.29 is 17.9 Å². The summed E-state index contributed by atoms with van der Waals surface area (Å²) in [7, 11) is -3.78. The molecule has 7 nitrogen and oxygen atoms in total. The lowest BCUT2D eigenvalue weighted by Gasteiger charge is -2.21. The van der Waals surface area contributed by atoms with E-state index in [9.17, 15) is 13.2 Å². The molecule has 3 aromatic carbocycles. The molecule has 0 saturated heterocycles. The molecule has 0 aliphatic rings. The van der Waals surface area contributed by atoms with E-state index >= 15 is 0 Å². The predicted molar refractivity (Wildman–Crippen MR) is 132 cm³/mol. The number of rotatable bonds is 9. The number of nitrogens with zero attached hydrogens (tertiary/aromatic N) is 2. The highest BCUT2D eigenvalue weighted by atomic mass is 35.5. The first-order chi connectivity index (χ1) is 15.7. The van der Waals surface area contributed by atoms with Crippen LogP contribution in [0.3, 0.4) is 0 Å². The maximum Gasteiger partial charge on any atom is 0.260 e. The fraction of sp³-hybridized carbons (Fsp3) is 0.130. The van der Waals surface area contributed by atoms with Gasteiger partial charge in [-0.3, -0.25) is 9.10 Å². The van der Waals surface area contributed by atoms with Crippen molar-refractivity contribution >= 4 is 51.0 Å². The van der Waals surface area contributed by atoms with Gasteiger partial charge in [-0.1, -0.05) is 65.7 Å². The molecule has 0 radical (unpaired) electrons. The normalized spacial score (nSPS) is 11.4. The van der Waals surface area contributed by atoms with E-state index in [2.05, 4.69) is 10.5 Å². The Kier molecular flexibility index (Phi) is 8.32. The molecule has 1 N–H and O–H groups in total. The molecule has 33 heavy (non-hydrogen) atoms. The van der Waals surface area contributed by atoms with Crippen LogP contribution >= 0.6 is 23.2 Å². The van der Waals surface area contributed by atoms with Crippen molar-refractivity contribution in [1.82, 2.24) is 5.43 Å². The van der Waals surface area contributed by atoms with E-state index in [0.717, 1.165) is 16.1 Å². The van der Waals surface area contributed by atoms with Crippen LogP contribution in [0.4, 0.5) is 5.69 Å². The summed E-state index contributed by atoms with van der Waals surface area (Å²) in [6, 6.07) is 21.2. The van der Waals surface area contributed by atoms with Gasteiger partial charge in [0.2, 0.25) is 10.0 Å². The van der Waals surface area contributed by atoms with Gasteiger partial charge < -0.3 is 4.74 Å². The number of amides is 1. The zero-order valence-electron chi connectivity index (χ0n) is 17.6. The Hall–Kier alpha value is -3.07. The summed E-state index contributed by atoms with van der Waals surface area (Å²) in [6.45, 7) is -0.122. The molecule has 1 amide bonds. The summed E-state index contributed by atoms with van der Waals surface area (Å²) in [5, 5.41) is 4.44. The molecule has 3 rings (SSSR count). The summed E-state index contributed by atoms with van der Waals surface area (Å²) in [4.78, 5) is 12.4. The molecule has 0 unspecified atom stereocenters. The number of para-hydroxylation sites is 1. The molecule has 0 bridgehead atoms. The van der Waals surface area contributed by atoms with Gasteiger partial charge in [-0.25, -0.2) is 13.8 Å². The van der Waals surface area contributed by atoms with Gasteiger partial charge in [-0.15, -0.1) is 0 Å². The van der Waals surface area contributed by atoms with Crippen LogP contribution in [0, 0.1) is 0 Å². The van der Waals surface area contributed by atoms with Crippen molar-refractivity contribution in [3.05, 3.63) is 94.0 Å². The lowest BCUT2D eigenvalue weighted by molar-refractivity contribution is -0.119. The van der Waals surface area contributed by atoms with Gasteiger partial charge >= 0.3 is 0 Å². The largest absolute Gasteiger partial charge is 0.488 e. The quantitative estimate of drug-likeness (QED) is 0.342. The first-order valence-corrected chi connectivity index (χ1v) is 12.3. The van der Waals surface area contributed by atoms with Gasteiger partial charge in [-0.05, 0) is 35.9 Å². The van der Waals surface area contributed by atoms with E-state index in [-0.39, 0.29) is 15.7 Å². The molecule has 10 heteroatoms. The summed E-state index contributed by atoms with van der Waals surface area (Å²) in [5.41, 5.74) is 4.17. The summed E-state index contributed by atoms with van der Waals surface area (Å²) < 4.78 is 31.2. The van der Waals surface area contributed by atoms with Gasteiger partial charge in [0.1, 0.15) is 18.9 Å². The maximum absolute atomic E-state index is 12.4. The van der Waals surface area contributed by atoms with E-state index in [0.29, 0.717) is 17.9 Å². The minimum atomic E-state index is -3.78. The molecule has 0 heterocycles. The highest BCUT2D eigenvalue weighted by molar-refractivity contribution is 7.92. The average Bonchev–Trinajstić information content (AvgIpc) is 2.76. The van der Waals surface area contributed by atoms with Gasteiger partial charge in [-0.2, -0.15) is 5.10 Å². The Morgan fingerprint density at radius 2 is 1.67 bits per heavy atom. The Labute approximate surface area is 202 Å². The highest BCUT2D eigenvalue weighted by Crippen LogP contribution is 2.26. The van der Waals surface area contributed by atoms with Gasteiger partial charge in [0.25, 0.3) is 5.91 Å².